The lowest BCUT2D eigenvalue weighted by Gasteiger charge is -2.18. The maximum Gasteiger partial charge on any atom is 0.338 e. The minimum atomic E-state index is -3.40. The second-order valence-corrected chi connectivity index (χ2v) is 7.13. The van der Waals surface area contributed by atoms with Crippen molar-refractivity contribution in [3.63, 3.8) is 0 Å². The van der Waals surface area contributed by atoms with E-state index in [1.165, 1.54) is 13.4 Å². The normalized spacial score (nSPS) is 11.7. The summed E-state index contributed by atoms with van der Waals surface area (Å²) in [5, 5.41) is 0. The zero-order chi connectivity index (χ0) is 15.5. The molecule has 0 heterocycles. The van der Waals surface area contributed by atoms with E-state index in [2.05, 4.69) is 0 Å². The van der Waals surface area contributed by atoms with Gasteiger partial charge in [0.25, 0.3) is 0 Å². The van der Waals surface area contributed by atoms with Gasteiger partial charge in [0, 0.05) is 6.26 Å². The van der Waals surface area contributed by atoms with E-state index in [9.17, 15) is 13.2 Å². The average Bonchev–Trinajstić information content (AvgIpc) is 2.36. The molecule has 0 saturated carbocycles. The van der Waals surface area contributed by atoms with Crippen molar-refractivity contribution in [3.05, 3.63) is 28.8 Å². The van der Waals surface area contributed by atoms with Crippen molar-refractivity contribution in [1.29, 1.82) is 0 Å². The fourth-order valence-corrected chi connectivity index (χ4v) is 3.73. The number of hydrogen-bond donors (Lipinski definition) is 0. The van der Waals surface area contributed by atoms with Crippen LogP contribution in [0.25, 0.3) is 0 Å². The fraction of sp³-hybridized carbons (Fsp3) is 0.533. The first-order chi connectivity index (χ1) is 9.23. The molecule has 4 nitrogen and oxygen atoms in total. The predicted molar refractivity (Wildman–Crippen MR) is 79.0 cm³/mol. The second kappa shape index (κ2) is 6.39. The minimum Gasteiger partial charge on any atom is -0.465 e. The third kappa shape index (κ3) is 3.39. The van der Waals surface area contributed by atoms with Crippen LogP contribution < -0.4 is 0 Å². The van der Waals surface area contributed by atoms with E-state index in [0.717, 1.165) is 12.0 Å². The van der Waals surface area contributed by atoms with E-state index in [0.29, 0.717) is 17.5 Å². The zero-order valence-corrected chi connectivity index (χ0v) is 13.5. The molecule has 0 aliphatic carbocycles. The quantitative estimate of drug-likeness (QED) is 0.784. The van der Waals surface area contributed by atoms with Gasteiger partial charge in [0.05, 0.1) is 17.6 Å². The third-order valence-electron chi connectivity index (χ3n) is 3.19. The van der Waals surface area contributed by atoms with Gasteiger partial charge in [-0.15, -0.1) is 0 Å². The summed E-state index contributed by atoms with van der Waals surface area (Å²) in [4.78, 5) is 12.1. The number of carbonyl (C=O) groups is 1. The molecule has 0 bridgehead atoms. The number of hydrogen-bond acceptors (Lipinski definition) is 4. The Bertz CT molecular complexity index is 601. The Morgan fingerprint density at radius 1 is 1.30 bits per heavy atom. The summed E-state index contributed by atoms with van der Waals surface area (Å²) in [6.45, 7) is 5.84. The number of benzene rings is 1. The molecule has 0 radical (unpaired) electrons. The lowest BCUT2D eigenvalue weighted by Crippen LogP contribution is -2.14. The topological polar surface area (TPSA) is 60.4 Å². The van der Waals surface area contributed by atoms with Crippen molar-refractivity contribution in [1.82, 2.24) is 0 Å². The zero-order valence-electron chi connectivity index (χ0n) is 12.7. The van der Waals surface area contributed by atoms with Crippen molar-refractivity contribution >= 4 is 15.8 Å². The molecule has 0 aliphatic heterocycles. The van der Waals surface area contributed by atoms with E-state index in [4.69, 9.17) is 4.74 Å². The number of esters is 1. The number of ether oxygens (including phenoxy) is 1. The van der Waals surface area contributed by atoms with Gasteiger partial charge in [-0.05, 0) is 29.5 Å². The average molecular weight is 298 g/mol. The first kappa shape index (κ1) is 16.7. The molecule has 112 valence electrons. The van der Waals surface area contributed by atoms with Crippen LogP contribution in [-0.4, -0.2) is 27.8 Å². The van der Waals surface area contributed by atoms with Crippen molar-refractivity contribution < 1.29 is 17.9 Å². The highest BCUT2D eigenvalue weighted by atomic mass is 32.2. The molecule has 5 heteroatoms. The summed E-state index contributed by atoms with van der Waals surface area (Å²) < 4.78 is 29.1. The first-order valence-corrected chi connectivity index (χ1v) is 8.57. The maximum absolute atomic E-state index is 12.2. The van der Waals surface area contributed by atoms with Gasteiger partial charge >= 0.3 is 5.97 Å². The van der Waals surface area contributed by atoms with Crippen molar-refractivity contribution in [3.8, 4) is 0 Å². The third-order valence-corrected chi connectivity index (χ3v) is 4.41. The van der Waals surface area contributed by atoms with Crippen LogP contribution in [0.1, 0.15) is 54.6 Å². The summed E-state index contributed by atoms with van der Waals surface area (Å²) in [7, 11) is -2.10. The highest BCUT2D eigenvalue weighted by molar-refractivity contribution is 7.90. The summed E-state index contributed by atoms with van der Waals surface area (Å²) in [5.41, 5.74) is 1.68. The number of sulfone groups is 1. The summed E-state index contributed by atoms with van der Waals surface area (Å²) in [6, 6.07) is 3.38. The molecule has 0 N–H and O–H groups in total. The Morgan fingerprint density at radius 3 is 2.30 bits per heavy atom. The minimum absolute atomic E-state index is 0.0713. The van der Waals surface area contributed by atoms with Crippen LogP contribution >= 0.6 is 0 Å². The van der Waals surface area contributed by atoms with Gasteiger partial charge in [-0.3, -0.25) is 0 Å². The molecule has 1 aromatic rings. The van der Waals surface area contributed by atoms with Gasteiger partial charge < -0.3 is 4.74 Å². The van der Waals surface area contributed by atoms with Crippen molar-refractivity contribution in [2.45, 2.75) is 44.4 Å². The molecule has 20 heavy (non-hydrogen) atoms. The maximum atomic E-state index is 12.2. The largest absolute Gasteiger partial charge is 0.465 e. The Morgan fingerprint density at radius 2 is 1.90 bits per heavy atom. The van der Waals surface area contributed by atoms with Crippen LogP contribution in [0.3, 0.4) is 0 Å². The molecule has 1 rings (SSSR count). The summed E-state index contributed by atoms with van der Waals surface area (Å²) in [6.07, 6.45) is 2.48. The molecular formula is C15H22O4S. The Hall–Kier alpha value is -1.36. The van der Waals surface area contributed by atoms with Crippen LogP contribution in [0, 0.1) is 0 Å². The number of rotatable bonds is 5. The molecular weight excluding hydrogens is 276 g/mol. The van der Waals surface area contributed by atoms with Crippen molar-refractivity contribution in [2.75, 3.05) is 13.4 Å². The van der Waals surface area contributed by atoms with E-state index >= 15 is 0 Å². The molecule has 0 atom stereocenters. The highest BCUT2D eigenvalue weighted by Crippen LogP contribution is 2.31. The van der Waals surface area contributed by atoms with Gasteiger partial charge in [-0.1, -0.05) is 33.3 Å². The van der Waals surface area contributed by atoms with E-state index in [-0.39, 0.29) is 10.8 Å². The molecule has 0 fully saturated rings. The second-order valence-electron chi connectivity index (χ2n) is 5.18. The monoisotopic (exact) mass is 298 g/mol. The Labute approximate surface area is 121 Å². The molecule has 0 aliphatic rings. The van der Waals surface area contributed by atoms with E-state index in [1.54, 1.807) is 12.1 Å². The standard InChI is InChI=1S/C15H22O4S/c1-6-7-12-13(15(16)19-4)9-8-11(10(2)3)14(12)20(5,17)18/h8-10H,6-7H2,1-5H3. The molecule has 0 amide bonds. The molecule has 0 unspecified atom stereocenters. The molecule has 0 saturated heterocycles. The Balaban J connectivity index is 3.75. The number of carbonyl (C=O) groups excluding carboxylic acids is 1. The smallest absolute Gasteiger partial charge is 0.338 e. The predicted octanol–water partition coefficient (Wildman–Crippen LogP) is 2.95. The van der Waals surface area contributed by atoms with E-state index in [1.807, 2.05) is 20.8 Å². The molecule has 1 aromatic carbocycles. The van der Waals surface area contributed by atoms with Crippen LogP contribution in [0.5, 0.6) is 0 Å². The van der Waals surface area contributed by atoms with Gasteiger partial charge in [0.1, 0.15) is 0 Å². The lowest BCUT2D eigenvalue weighted by molar-refractivity contribution is 0.0599. The van der Waals surface area contributed by atoms with Crippen LogP contribution in [0.2, 0.25) is 0 Å². The van der Waals surface area contributed by atoms with Crippen LogP contribution in [-0.2, 0) is 21.0 Å². The SMILES string of the molecule is CCCc1c(C(=O)OC)ccc(C(C)C)c1S(C)(=O)=O. The molecule has 0 aromatic heterocycles. The fourth-order valence-electron chi connectivity index (χ4n) is 2.34. The lowest BCUT2D eigenvalue weighted by atomic mass is 9.94. The van der Waals surface area contributed by atoms with Crippen molar-refractivity contribution in [2.24, 2.45) is 0 Å². The summed E-state index contributed by atoms with van der Waals surface area (Å²) in [5.74, 6) is -0.421. The first-order valence-electron chi connectivity index (χ1n) is 6.68. The Kier molecular flexibility index (Phi) is 5.34. The van der Waals surface area contributed by atoms with Gasteiger partial charge in [0.15, 0.2) is 9.84 Å². The van der Waals surface area contributed by atoms with Crippen LogP contribution in [0.4, 0.5) is 0 Å². The number of methoxy groups -OCH3 is 1. The highest BCUT2D eigenvalue weighted by Gasteiger charge is 2.25. The summed E-state index contributed by atoms with van der Waals surface area (Å²) >= 11 is 0. The van der Waals surface area contributed by atoms with E-state index < -0.39 is 15.8 Å². The molecule has 0 spiro atoms. The van der Waals surface area contributed by atoms with Gasteiger partial charge in [-0.2, -0.15) is 0 Å². The van der Waals surface area contributed by atoms with Crippen LogP contribution in [0.15, 0.2) is 17.0 Å². The van der Waals surface area contributed by atoms with Gasteiger partial charge in [0.2, 0.25) is 0 Å². The van der Waals surface area contributed by atoms with Gasteiger partial charge in [-0.25, -0.2) is 13.2 Å².